The van der Waals surface area contributed by atoms with Crippen molar-refractivity contribution in [2.24, 2.45) is 0 Å². The summed E-state index contributed by atoms with van der Waals surface area (Å²) in [6.07, 6.45) is 0. The number of rotatable bonds is 2. The van der Waals surface area contributed by atoms with E-state index < -0.39 is 11.6 Å². The summed E-state index contributed by atoms with van der Waals surface area (Å²) in [5.41, 5.74) is -0.0800. The van der Waals surface area contributed by atoms with Crippen LogP contribution < -0.4 is 0 Å². The van der Waals surface area contributed by atoms with Gasteiger partial charge in [0.1, 0.15) is 23.1 Å². The Morgan fingerprint density at radius 3 is 1.83 bits per heavy atom. The van der Waals surface area contributed by atoms with Gasteiger partial charge in [0.25, 0.3) is 0 Å². The summed E-state index contributed by atoms with van der Waals surface area (Å²) in [5.74, 6) is -2.05. The zero-order valence-corrected chi connectivity index (χ0v) is 15.2. The fraction of sp³-hybridized carbons (Fsp3) is 0. The van der Waals surface area contributed by atoms with Crippen LogP contribution in [0.5, 0.6) is 11.5 Å². The highest BCUT2D eigenvalue weighted by Gasteiger charge is 2.21. The maximum absolute atomic E-state index is 15.0. The van der Waals surface area contributed by atoms with Gasteiger partial charge < -0.3 is 10.2 Å². The van der Waals surface area contributed by atoms with Gasteiger partial charge in [-0.15, -0.1) is 0 Å². The summed E-state index contributed by atoms with van der Waals surface area (Å²) in [4.78, 5) is 0. The van der Waals surface area contributed by atoms with Gasteiger partial charge in [0.2, 0.25) is 0 Å². The van der Waals surface area contributed by atoms with Crippen molar-refractivity contribution in [1.82, 2.24) is 0 Å². The number of benzene rings is 3. The van der Waals surface area contributed by atoms with Crippen molar-refractivity contribution in [3.63, 3.8) is 0 Å². The first-order valence-electron chi connectivity index (χ1n) is 6.84. The van der Waals surface area contributed by atoms with Crippen LogP contribution in [0, 0.1) is 11.6 Å². The molecule has 0 spiro atoms. The van der Waals surface area contributed by atoms with Crippen LogP contribution in [0.3, 0.4) is 0 Å². The van der Waals surface area contributed by atoms with E-state index in [0.717, 1.165) is 6.07 Å². The average Bonchev–Trinajstić information content (AvgIpc) is 2.53. The minimum Gasteiger partial charge on any atom is -0.507 e. The van der Waals surface area contributed by atoms with Gasteiger partial charge in [-0.25, -0.2) is 8.78 Å². The van der Waals surface area contributed by atoms with Crippen molar-refractivity contribution in [2.45, 2.75) is 0 Å². The van der Waals surface area contributed by atoms with Gasteiger partial charge >= 0.3 is 0 Å². The molecule has 2 nitrogen and oxygen atoms in total. The Kier molecular flexibility index (Phi) is 4.60. The van der Waals surface area contributed by atoms with E-state index >= 15 is 4.39 Å². The number of aromatic hydroxyl groups is 2. The molecule has 3 aromatic carbocycles. The molecule has 0 fully saturated rings. The minimum absolute atomic E-state index is 0.0238. The zero-order valence-electron chi connectivity index (χ0n) is 12.0. The molecular weight excluding hydrogens is 446 g/mol. The Bertz CT molecular complexity index is 943. The van der Waals surface area contributed by atoms with Gasteiger partial charge in [0.05, 0.1) is 5.56 Å². The number of hydrogen-bond donors (Lipinski definition) is 2. The third-order valence-electron chi connectivity index (χ3n) is 3.57. The highest BCUT2D eigenvalue weighted by molar-refractivity contribution is 9.10. The maximum Gasteiger partial charge on any atom is 0.142 e. The van der Waals surface area contributed by atoms with Crippen LogP contribution in [0.4, 0.5) is 8.78 Å². The topological polar surface area (TPSA) is 40.5 Å². The summed E-state index contributed by atoms with van der Waals surface area (Å²) in [6.45, 7) is 0. The van der Waals surface area contributed by atoms with Crippen molar-refractivity contribution >= 4 is 31.9 Å². The molecule has 0 unspecified atom stereocenters. The van der Waals surface area contributed by atoms with Gasteiger partial charge in [0, 0.05) is 25.6 Å². The summed E-state index contributed by atoms with van der Waals surface area (Å²) in [5, 5.41) is 20.0. The molecule has 0 atom stereocenters. The lowest BCUT2D eigenvalue weighted by atomic mass is 9.96. The van der Waals surface area contributed by atoms with Gasteiger partial charge in [-0.05, 0) is 48.5 Å². The molecule has 3 aromatic rings. The van der Waals surface area contributed by atoms with Crippen LogP contribution in [0.1, 0.15) is 0 Å². The molecule has 0 heterocycles. The van der Waals surface area contributed by atoms with E-state index in [9.17, 15) is 14.6 Å². The highest BCUT2D eigenvalue weighted by atomic mass is 79.9. The SMILES string of the molecule is Oc1ccc(Br)cc1-c1ccc(F)c(-c2cc(Br)ccc2O)c1F. The van der Waals surface area contributed by atoms with Crippen LogP contribution in [-0.4, -0.2) is 10.2 Å². The molecule has 0 radical (unpaired) electrons. The van der Waals surface area contributed by atoms with Crippen molar-refractivity contribution in [1.29, 1.82) is 0 Å². The molecule has 0 saturated heterocycles. The Labute approximate surface area is 153 Å². The van der Waals surface area contributed by atoms with Crippen LogP contribution in [-0.2, 0) is 0 Å². The lowest BCUT2D eigenvalue weighted by molar-refractivity contribution is 0.475. The lowest BCUT2D eigenvalue weighted by Gasteiger charge is -2.13. The smallest absolute Gasteiger partial charge is 0.142 e. The first-order chi connectivity index (χ1) is 11.4. The quantitative estimate of drug-likeness (QED) is 0.480. The molecule has 6 heteroatoms. The molecule has 0 aliphatic heterocycles. The molecule has 2 N–H and O–H groups in total. The second kappa shape index (κ2) is 6.53. The predicted molar refractivity (Wildman–Crippen MR) is 96.0 cm³/mol. The molecular formula is C18H10Br2F2O2. The van der Waals surface area contributed by atoms with Gasteiger partial charge in [-0.3, -0.25) is 0 Å². The molecule has 0 saturated carbocycles. The molecule has 0 amide bonds. The second-order valence-corrected chi connectivity index (χ2v) is 6.94. The van der Waals surface area contributed by atoms with E-state index in [1.807, 2.05) is 0 Å². The normalized spacial score (nSPS) is 10.8. The number of halogens is 4. The summed E-state index contributed by atoms with van der Waals surface area (Å²) in [6, 6.07) is 11.3. The summed E-state index contributed by atoms with van der Waals surface area (Å²) >= 11 is 6.49. The van der Waals surface area contributed by atoms with E-state index in [-0.39, 0.29) is 33.8 Å². The van der Waals surface area contributed by atoms with Crippen molar-refractivity contribution in [2.75, 3.05) is 0 Å². The first kappa shape index (κ1) is 16.9. The molecule has 0 aromatic heterocycles. The fourth-order valence-corrected chi connectivity index (χ4v) is 3.16. The molecule has 24 heavy (non-hydrogen) atoms. The Hall–Kier alpha value is -1.92. The van der Waals surface area contributed by atoms with E-state index in [1.165, 1.54) is 30.3 Å². The molecule has 0 bridgehead atoms. The maximum atomic E-state index is 15.0. The Balaban J connectivity index is 2.30. The predicted octanol–water partition coefficient (Wildman–Crippen LogP) is 6.24. The van der Waals surface area contributed by atoms with E-state index in [4.69, 9.17) is 0 Å². The summed E-state index contributed by atoms with van der Waals surface area (Å²) < 4.78 is 30.5. The number of phenols is 2. The number of phenolic OH excluding ortho intramolecular Hbond substituents is 2. The fourth-order valence-electron chi connectivity index (χ4n) is 2.44. The summed E-state index contributed by atoms with van der Waals surface area (Å²) in [7, 11) is 0. The minimum atomic E-state index is -0.864. The van der Waals surface area contributed by atoms with Crippen LogP contribution >= 0.6 is 31.9 Å². The molecule has 0 aliphatic carbocycles. The third-order valence-corrected chi connectivity index (χ3v) is 4.55. The van der Waals surface area contributed by atoms with E-state index in [0.29, 0.717) is 8.95 Å². The largest absolute Gasteiger partial charge is 0.507 e. The highest BCUT2D eigenvalue weighted by Crippen LogP contribution is 2.41. The Morgan fingerprint density at radius 1 is 0.667 bits per heavy atom. The molecule has 122 valence electrons. The van der Waals surface area contributed by atoms with Gasteiger partial charge in [0.15, 0.2) is 0 Å². The first-order valence-corrected chi connectivity index (χ1v) is 8.43. The van der Waals surface area contributed by atoms with Crippen LogP contribution in [0.25, 0.3) is 22.3 Å². The van der Waals surface area contributed by atoms with Gasteiger partial charge in [-0.1, -0.05) is 31.9 Å². The average molecular weight is 456 g/mol. The lowest BCUT2D eigenvalue weighted by Crippen LogP contribution is -1.95. The van der Waals surface area contributed by atoms with E-state index in [2.05, 4.69) is 31.9 Å². The van der Waals surface area contributed by atoms with Crippen LogP contribution in [0.2, 0.25) is 0 Å². The monoisotopic (exact) mass is 454 g/mol. The standard InChI is InChI=1S/C18H10Br2F2O2/c19-9-1-5-15(23)12(7-9)11-3-4-14(21)17(18(11)22)13-8-10(20)2-6-16(13)24/h1-8,23-24H. The zero-order chi connectivity index (χ0) is 17.4. The van der Waals surface area contributed by atoms with Crippen LogP contribution in [0.15, 0.2) is 57.5 Å². The second-order valence-electron chi connectivity index (χ2n) is 5.11. The van der Waals surface area contributed by atoms with Crippen molar-refractivity contribution < 1.29 is 19.0 Å². The Morgan fingerprint density at radius 2 is 1.21 bits per heavy atom. The third kappa shape index (κ3) is 3.03. The molecule has 0 aliphatic rings. The van der Waals surface area contributed by atoms with Gasteiger partial charge in [-0.2, -0.15) is 0 Å². The van der Waals surface area contributed by atoms with Crippen molar-refractivity contribution in [3.8, 4) is 33.8 Å². The van der Waals surface area contributed by atoms with Crippen molar-refractivity contribution in [3.05, 3.63) is 69.1 Å². The van der Waals surface area contributed by atoms with E-state index in [1.54, 1.807) is 12.1 Å². The number of hydrogen-bond acceptors (Lipinski definition) is 2. The molecule has 3 rings (SSSR count).